The molecule has 27 heavy (non-hydrogen) atoms. The topological polar surface area (TPSA) is 79.6 Å². The van der Waals surface area contributed by atoms with Gasteiger partial charge in [-0.1, -0.05) is 30.3 Å². The smallest absolute Gasteiger partial charge is 0.349 e. The quantitative estimate of drug-likeness (QED) is 0.725. The maximum Gasteiger partial charge on any atom is 0.349 e. The van der Waals surface area contributed by atoms with Gasteiger partial charge in [0.15, 0.2) is 0 Å². The zero-order valence-corrected chi connectivity index (χ0v) is 14.6. The van der Waals surface area contributed by atoms with Crippen LogP contribution in [0.5, 0.6) is 0 Å². The van der Waals surface area contributed by atoms with Gasteiger partial charge >= 0.3 is 5.63 Å². The van der Waals surface area contributed by atoms with Crippen molar-refractivity contribution in [2.45, 2.75) is 12.8 Å². The standard InChI is InChI=1S/C21H18N2O4/c24-19(16-13-14-7-1-4-10-18(14)27-21(16)26)22-17-9-3-2-8-15(17)20(25)23-11-5-6-12-23/h1-4,7-10,13H,5-6,11-12H2,(H,22,24). The maximum atomic E-state index is 12.7. The van der Waals surface area contributed by atoms with Gasteiger partial charge in [0.05, 0.1) is 11.3 Å². The summed E-state index contributed by atoms with van der Waals surface area (Å²) < 4.78 is 5.22. The van der Waals surface area contributed by atoms with Crippen LogP contribution in [0.4, 0.5) is 5.69 Å². The van der Waals surface area contributed by atoms with Crippen LogP contribution in [0.15, 0.2) is 63.8 Å². The fourth-order valence-electron chi connectivity index (χ4n) is 3.28. The Kier molecular flexibility index (Phi) is 4.46. The molecule has 2 aromatic carbocycles. The Balaban J connectivity index is 1.65. The lowest BCUT2D eigenvalue weighted by atomic mass is 10.1. The third-order valence-electron chi connectivity index (χ3n) is 4.68. The average molecular weight is 362 g/mol. The van der Waals surface area contributed by atoms with E-state index in [-0.39, 0.29) is 11.5 Å². The SMILES string of the molecule is O=C(Nc1ccccc1C(=O)N1CCCC1)c1cc2ccccc2oc1=O. The van der Waals surface area contributed by atoms with Crippen LogP contribution in [-0.4, -0.2) is 29.8 Å². The summed E-state index contributed by atoms with van der Waals surface area (Å²) >= 11 is 0. The highest BCUT2D eigenvalue weighted by Crippen LogP contribution is 2.21. The van der Waals surface area contributed by atoms with Crippen molar-refractivity contribution >= 4 is 28.5 Å². The van der Waals surface area contributed by atoms with Gasteiger partial charge in [-0.3, -0.25) is 9.59 Å². The number of carbonyl (C=O) groups is 2. The van der Waals surface area contributed by atoms with Crippen molar-refractivity contribution in [2.24, 2.45) is 0 Å². The molecule has 6 heteroatoms. The molecule has 6 nitrogen and oxygen atoms in total. The number of carbonyl (C=O) groups excluding carboxylic acids is 2. The molecule has 0 unspecified atom stereocenters. The first-order valence-electron chi connectivity index (χ1n) is 8.86. The second-order valence-electron chi connectivity index (χ2n) is 6.48. The number of likely N-dealkylation sites (tertiary alicyclic amines) is 1. The molecule has 1 N–H and O–H groups in total. The van der Waals surface area contributed by atoms with E-state index in [2.05, 4.69) is 5.32 Å². The molecule has 1 saturated heterocycles. The number of nitrogens with zero attached hydrogens (tertiary/aromatic N) is 1. The summed E-state index contributed by atoms with van der Waals surface area (Å²) in [6.45, 7) is 1.44. The molecule has 2 amide bonds. The Morgan fingerprint density at radius 1 is 0.926 bits per heavy atom. The van der Waals surface area contributed by atoms with Gasteiger partial charge in [0.1, 0.15) is 11.1 Å². The van der Waals surface area contributed by atoms with Crippen molar-refractivity contribution in [3.63, 3.8) is 0 Å². The normalized spacial score (nSPS) is 13.7. The summed E-state index contributed by atoms with van der Waals surface area (Å²) in [4.78, 5) is 39.4. The third kappa shape index (κ3) is 3.33. The lowest BCUT2D eigenvalue weighted by Gasteiger charge is -2.17. The van der Waals surface area contributed by atoms with Gasteiger partial charge in [0.2, 0.25) is 0 Å². The summed E-state index contributed by atoms with van der Waals surface area (Å²) in [6.07, 6.45) is 1.97. The van der Waals surface area contributed by atoms with Crippen molar-refractivity contribution < 1.29 is 14.0 Å². The molecule has 3 aromatic rings. The van der Waals surface area contributed by atoms with Gasteiger partial charge in [-0.2, -0.15) is 0 Å². The number of benzene rings is 2. The Bertz CT molecular complexity index is 1080. The molecular weight excluding hydrogens is 344 g/mol. The van der Waals surface area contributed by atoms with Crippen molar-refractivity contribution in [3.8, 4) is 0 Å². The summed E-state index contributed by atoms with van der Waals surface area (Å²) in [5.41, 5.74) is 0.403. The predicted octanol–water partition coefficient (Wildman–Crippen LogP) is 3.28. The van der Waals surface area contributed by atoms with E-state index >= 15 is 0 Å². The molecule has 0 bridgehead atoms. The van der Waals surface area contributed by atoms with Gasteiger partial charge in [-0.15, -0.1) is 0 Å². The van der Waals surface area contributed by atoms with E-state index in [4.69, 9.17) is 4.42 Å². The van der Waals surface area contributed by atoms with Gasteiger partial charge in [-0.25, -0.2) is 4.79 Å². The van der Waals surface area contributed by atoms with E-state index in [0.717, 1.165) is 25.9 Å². The Hall–Kier alpha value is -3.41. The molecule has 1 aromatic heterocycles. The molecule has 0 atom stereocenters. The monoisotopic (exact) mass is 362 g/mol. The van der Waals surface area contributed by atoms with Gasteiger partial charge < -0.3 is 14.6 Å². The Morgan fingerprint density at radius 2 is 1.63 bits per heavy atom. The first-order valence-corrected chi connectivity index (χ1v) is 8.86. The number of rotatable bonds is 3. The van der Waals surface area contributed by atoms with Crippen molar-refractivity contribution in [3.05, 3.63) is 76.1 Å². The Morgan fingerprint density at radius 3 is 2.44 bits per heavy atom. The molecule has 1 aliphatic heterocycles. The number of anilines is 1. The van der Waals surface area contributed by atoms with E-state index < -0.39 is 11.5 Å². The third-order valence-corrected chi connectivity index (χ3v) is 4.68. The second-order valence-corrected chi connectivity index (χ2v) is 6.48. The van der Waals surface area contributed by atoms with Crippen molar-refractivity contribution in [1.82, 2.24) is 4.90 Å². The minimum atomic E-state index is -0.713. The highest BCUT2D eigenvalue weighted by molar-refractivity contribution is 6.09. The summed E-state index contributed by atoms with van der Waals surface area (Å²) in [5.74, 6) is -0.717. The highest BCUT2D eigenvalue weighted by atomic mass is 16.4. The van der Waals surface area contributed by atoms with Crippen LogP contribution in [0.3, 0.4) is 0 Å². The van der Waals surface area contributed by atoms with Gasteiger partial charge in [0.25, 0.3) is 11.8 Å². The van der Waals surface area contributed by atoms with Gasteiger partial charge in [-0.05, 0) is 37.1 Å². The zero-order valence-electron chi connectivity index (χ0n) is 14.6. The zero-order chi connectivity index (χ0) is 18.8. The molecule has 0 aliphatic carbocycles. The summed E-state index contributed by atoms with van der Waals surface area (Å²) in [6, 6.07) is 15.3. The van der Waals surface area contributed by atoms with Crippen LogP contribution in [0.25, 0.3) is 11.0 Å². The first kappa shape index (κ1) is 17.0. The average Bonchev–Trinajstić information content (AvgIpc) is 3.22. The molecule has 136 valence electrons. The molecule has 0 radical (unpaired) electrons. The van der Waals surface area contributed by atoms with Crippen LogP contribution in [0.1, 0.15) is 33.6 Å². The van der Waals surface area contributed by atoms with Gasteiger partial charge in [0, 0.05) is 18.5 Å². The van der Waals surface area contributed by atoms with E-state index in [1.807, 2.05) is 0 Å². The molecule has 0 saturated carbocycles. The molecule has 1 fully saturated rings. The minimum absolute atomic E-state index is 0.0999. The summed E-state index contributed by atoms with van der Waals surface area (Å²) in [5, 5.41) is 3.35. The van der Waals surface area contributed by atoms with E-state index in [0.29, 0.717) is 22.2 Å². The van der Waals surface area contributed by atoms with Crippen LogP contribution < -0.4 is 10.9 Å². The Labute approximate surface area is 155 Å². The number of hydrogen-bond acceptors (Lipinski definition) is 4. The van der Waals surface area contributed by atoms with Crippen molar-refractivity contribution in [2.75, 3.05) is 18.4 Å². The number of hydrogen-bond donors (Lipinski definition) is 1. The van der Waals surface area contributed by atoms with Crippen molar-refractivity contribution in [1.29, 1.82) is 0 Å². The molecule has 0 spiro atoms. The van der Waals surface area contributed by atoms with Crippen LogP contribution in [0.2, 0.25) is 0 Å². The fraction of sp³-hybridized carbons (Fsp3) is 0.190. The number of nitrogens with one attached hydrogen (secondary N) is 1. The molecular formula is C21H18N2O4. The van der Waals surface area contributed by atoms with Crippen LogP contribution >= 0.6 is 0 Å². The first-order chi connectivity index (χ1) is 13.1. The molecule has 4 rings (SSSR count). The lowest BCUT2D eigenvalue weighted by molar-refractivity contribution is 0.0794. The predicted molar refractivity (Wildman–Crippen MR) is 102 cm³/mol. The number of fused-ring (bicyclic) bond motifs is 1. The highest BCUT2D eigenvalue weighted by Gasteiger charge is 2.23. The summed E-state index contributed by atoms with van der Waals surface area (Å²) in [7, 11) is 0. The number of para-hydroxylation sites is 2. The van der Waals surface area contributed by atoms with Crippen LogP contribution in [0, 0.1) is 0 Å². The van der Waals surface area contributed by atoms with Crippen LogP contribution in [-0.2, 0) is 0 Å². The molecule has 2 heterocycles. The maximum absolute atomic E-state index is 12.7. The largest absolute Gasteiger partial charge is 0.422 e. The fourth-order valence-corrected chi connectivity index (χ4v) is 3.28. The minimum Gasteiger partial charge on any atom is -0.422 e. The van der Waals surface area contributed by atoms with E-state index in [1.165, 1.54) is 6.07 Å². The molecule has 1 aliphatic rings. The van der Waals surface area contributed by atoms with E-state index in [9.17, 15) is 14.4 Å². The van der Waals surface area contributed by atoms with E-state index in [1.54, 1.807) is 53.4 Å². The lowest BCUT2D eigenvalue weighted by Crippen LogP contribution is -2.29. The number of amides is 2. The second kappa shape index (κ2) is 7.07.